The summed E-state index contributed by atoms with van der Waals surface area (Å²) >= 11 is 5.96. The molecule has 2 rings (SSSR count). The number of benzene rings is 2. The number of aromatic hydroxyl groups is 1. The van der Waals surface area contributed by atoms with E-state index in [1.54, 1.807) is 6.07 Å². The standard InChI is InChI=1S/C13H8ClFO2/c14-12-3-1-8(7-16)5-10(12)11-6-9(15)2-4-13(11)17/h1-7,17H. The average Bonchev–Trinajstić information content (AvgIpc) is 2.33. The lowest BCUT2D eigenvalue weighted by Crippen LogP contribution is -1.86. The highest BCUT2D eigenvalue weighted by molar-refractivity contribution is 6.33. The molecule has 0 spiro atoms. The number of halogens is 2. The Morgan fingerprint density at radius 3 is 2.59 bits per heavy atom. The van der Waals surface area contributed by atoms with Gasteiger partial charge in [-0.1, -0.05) is 17.7 Å². The van der Waals surface area contributed by atoms with Crippen LogP contribution in [0.5, 0.6) is 5.75 Å². The van der Waals surface area contributed by atoms with Crippen LogP contribution in [0, 0.1) is 5.82 Å². The number of hydrogen-bond donors (Lipinski definition) is 1. The highest BCUT2D eigenvalue weighted by Crippen LogP contribution is 2.35. The zero-order valence-corrected chi connectivity index (χ0v) is 9.41. The smallest absolute Gasteiger partial charge is 0.150 e. The molecule has 2 aromatic rings. The topological polar surface area (TPSA) is 37.3 Å². The molecular weight excluding hydrogens is 243 g/mol. The molecule has 0 aliphatic carbocycles. The Balaban J connectivity index is 2.66. The van der Waals surface area contributed by atoms with Crippen molar-refractivity contribution in [3.8, 4) is 16.9 Å². The van der Waals surface area contributed by atoms with Crippen molar-refractivity contribution in [3.05, 3.63) is 52.8 Å². The van der Waals surface area contributed by atoms with Gasteiger partial charge in [-0.3, -0.25) is 4.79 Å². The number of phenolic OH excluding ortho intramolecular Hbond substituents is 1. The van der Waals surface area contributed by atoms with Gasteiger partial charge in [0, 0.05) is 21.7 Å². The Bertz CT molecular complexity index is 582. The zero-order chi connectivity index (χ0) is 12.4. The van der Waals surface area contributed by atoms with Crippen LogP contribution in [-0.2, 0) is 0 Å². The normalized spacial score (nSPS) is 10.2. The van der Waals surface area contributed by atoms with E-state index < -0.39 is 5.82 Å². The second-order valence-electron chi connectivity index (χ2n) is 3.52. The monoisotopic (exact) mass is 250 g/mol. The van der Waals surface area contributed by atoms with Gasteiger partial charge in [0.2, 0.25) is 0 Å². The number of carbonyl (C=O) groups is 1. The third-order valence-electron chi connectivity index (χ3n) is 2.38. The van der Waals surface area contributed by atoms with Gasteiger partial charge in [0.25, 0.3) is 0 Å². The molecule has 0 unspecified atom stereocenters. The van der Waals surface area contributed by atoms with Crippen LogP contribution in [0.3, 0.4) is 0 Å². The molecular formula is C13H8ClFO2. The van der Waals surface area contributed by atoms with Gasteiger partial charge in [-0.25, -0.2) is 4.39 Å². The Labute approximate surface area is 102 Å². The van der Waals surface area contributed by atoms with E-state index in [-0.39, 0.29) is 11.3 Å². The largest absolute Gasteiger partial charge is 0.507 e. The molecule has 2 nitrogen and oxygen atoms in total. The summed E-state index contributed by atoms with van der Waals surface area (Å²) in [7, 11) is 0. The summed E-state index contributed by atoms with van der Waals surface area (Å²) in [4.78, 5) is 10.7. The third kappa shape index (κ3) is 2.29. The van der Waals surface area contributed by atoms with E-state index in [1.807, 2.05) is 0 Å². The van der Waals surface area contributed by atoms with Crippen LogP contribution in [0.2, 0.25) is 5.02 Å². The molecule has 0 radical (unpaired) electrons. The van der Waals surface area contributed by atoms with Crippen molar-refractivity contribution < 1.29 is 14.3 Å². The van der Waals surface area contributed by atoms with Crippen molar-refractivity contribution in [1.29, 1.82) is 0 Å². The van der Waals surface area contributed by atoms with E-state index in [4.69, 9.17) is 11.6 Å². The van der Waals surface area contributed by atoms with E-state index >= 15 is 0 Å². The van der Waals surface area contributed by atoms with Crippen LogP contribution in [0.25, 0.3) is 11.1 Å². The van der Waals surface area contributed by atoms with Crippen molar-refractivity contribution >= 4 is 17.9 Å². The quantitative estimate of drug-likeness (QED) is 0.826. The van der Waals surface area contributed by atoms with Gasteiger partial charge in [-0.15, -0.1) is 0 Å². The number of hydrogen-bond acceptors (Lipinski definition) is 2. The lowest BCUT2D eigenvalue weighted by molar-refractivity contribution is 0.112. The summed E-state index contributed by atoms with van der Waals surface area (Å²) in [6.07, 6.45) is 0.663. The zero-order valence-electron chi connectivity index (χ0n) is 8.65. The van der Waals surface area contributed by atoms with E-state index in [0.717, 1.165) is 6.07 Å². The van der Waals surface area contributed by atoms with E-state index in [1.165, 1.54) is 24.3 Å². The first-order valence-electron chi connectivity index (χ1n) is 4.85. The predicted molar refractivity (Wildman–Crippen MR) is 63.9 cm³/mol. The fourth-order valence-corrected chi connectivity index (χ4v) is 1.77. The fraction of sp³-hybridized carbons (Fsp3) is 0. The molecule has 0 aromatic heterocycles. The molecule has 86 valence electrons. The van der Waals surface area contributed by atoms with Gasteiger partial charge in [0.05, 0.1) is 0 Å². The molecule has 0 heterocycles. The molecule has 0 bridgehead atoms. The van der Waals surface area contributed by atoms with Gasteiger partial charge >= 0.3 is 0 Å². The minimum absolute atomic E-state index is 0.0867. The van der Waals surface area contributed by atoms with Gasteiger partial charge < -0.3 is 5.11 Å². The average molecular weight is 251 g/mol. The summed E-state index contributed by atoms with van der Waals surface area (Å²) in [5.74, 6) is -0.568. The van der Waals surface area contributed by atoms with Crippen LogP contribution in [-0.4, -0.2) is 11.4 Å². The molecule has 2 aromatic carbocycles. The molecule has 4 heteroatoms. The number of carbonyl (C=O) groups excluding carboxylic acids is 1. The maximum atomic E-state index is 13.1. The maximum Gasteiger partial charge on any atom is 0.150 e. The fourth-order valence-electron chi connectivity index (χ4n) is 1.55. The number of aldehydes is 1. The van der Waals surface area contributed by atoms with Crippen molar-refractivity contribution in [2.75, 3.05) is 0 Å². The predicted octanol–water partition coefficient (Wildman–Crippen LogP) is 3.66. The van der Waals surface area contributed by atoms with Crippen LogP contribution < -0.4 is 0 Å². The van der Waals surface area contributed by atoms with Crippen molar-refractivity contribution in [2.24, 2.45) is 0 Å². The minimum atomic E-state index is -0.481. The SMILES string of the molecule is O=Cc1ccc(Cl)c(-c2cc(F)ccc2O)c1. The Morgan fingerprint density at radius 1 is 1.12 bits per heavy atom. The molecule has 17 heavy (non-hydrogen) atoms. The summed E-state index contributed by atoms with van der Waals surface area (Å²) < 4.78 is 13.1. The minimum Gasteiger partial charge on any atom is -0.507 e. The second-order valence-corrected chi connectivity index (χ2v) is 3.93. The van der Waals surface area contributed by atoms with Gasteiger partial charge in [0.15, 0.2) is 0 Å². The van der Waals surface area contributed by atoms with Crippen molar-refractivity contribution in [1.82, 2.24) is 0 Å². The van der Waals surface area contributed by atoms with Gasteiger partial charge in [-0.2, -0.15) is 0 Å². The lowest BCUT2D eigenvalue weighted by atomic mass is 10.0. The Kier molecular flexibility index (Phi) is 3.11. The summed E-state index contributed by atoms with van der Waals surface area (Å²) in [6, 6.07) is 8.15. The maximum absolute atomic E-state index is 13.1. The van der Waals surface area contributed by atoms with E-state index in [2.05, 4.69) is 0 Å². The highest BCUT2D eigenvalue weighted by Gasteiger charge is 2.10. The summed E-state index contributed by atoms with van der Waals surface area (Å²) in [6.45, 7) is 0. The Morgan fingerprint density at radius 2 is 1.88 bits per heavy atom. The van der Waals surface area contributed by atoms with Crippen LogP contribution in [0.15, 0.2) is 36.4 Å². The Hall–Kier alpha value is -1.87. The second kappa shape index (κ2) is 4.55. The molecule has 1 N–H and O–H groups in total. The molecule has 0 amide bonds. The number of phenols is 1. The summed E-state index contributed by atoms with van der Waals surface area (Å²) in [5, 5.41) is 10.0. The molecule has 0 saturated heterocycles. The molecule has 0 aliphatic rings. The highest BCUT2D eigenvalue weighted by atomic mass is 35.5. The first-order chi connectivity index (χ1) is 8.11. The van der Waals surface area contributed by atoms with Crippen molar-refractivity contribution in [2.45, 2.75) is 0 Å². The summed E-state index contributed by atoms with van der Waals surface area (Å²) in [5.41, 5.74) is 1.10. The first kappa shape index (κ1) is 11.6. The van der Waals surface area contributed by atoms with E-state index in [0.29, 0.717) is 22.4 Å². The molecule has 0 atom stereocenters. The van der Waals surface area contributed by atoms with Crippen LogP contribution in [0.1, 0.15) is 10.4 Å². The number of rotatable bonds is 2. The van der Waals surface area contributed by atoms with Gasteiger partial charge in [0.1, 0.15) is 17.9 Å². The van der Waals surface area contributed by atoms with Crippen LogP contribution in [0.4, 0.5) is 4.39 Å². The van der Waals surface area contributed by atoms with Crippen LogP contribution >= 0.6 is 11.6 Å². The molecule has 0 aliphatic heterocycles. The first-order valence-corrected chi connectivity index (χ1v) is 5.23. The van der Waals surface area contributed by atoms with Crippen molar-refractivity contribution in [3.63, 3.8) is 0 Å². The third-order valence-corrected chi connectivity index (χ3v) is 2.70. The van der Waals surface area contributed by atoms with Gasteiger partial charge in [-0.05, 0) is 30.3 Å². The lowest BCUT2D eigenvalue weighted by Gasteiger charge is -2.07. The molecule has 0 fully saturated rings. The molecule has 0 saturated carbocycles. The van der Waals surface area contributed by atoms with E-state index in [9.17, 15) is 14.3 Å².